The molecular formula is C49H61O13+. The van der Waals surface area contributed by atoms with Gasteiger partial charge in [0.15, 0.2) is 12.2 Å². The molecule has 0 unspecified atom stereocenters. The molecule has 0 spiro atoms. The number of rotatable bonds is 20. The van der Waals surface area contributed by atoms with Gasteiger partial charge in [0.2, 0.25) is 11.6 Å². The lowest BCUT2D eigenvalue weighted by atomic mass is 9.85. The van der Waals surface area contributed by atoms with Gasteiger partial charge in [0.1, 0.15) is 72.6 Å². The van der Waals surface area contributed by atoms with E-state index in [0.717, 1.165) is 45.4 Å². The molecule has 334 valence electrons. The van der Waals surface area contributed by atoms with Crippen molar-refractivity contribution in [3.05, 3.63) is 131 Å². The Bertz CT molecular complexity index is 1950. The lowest BCUT2D eigenvalue weighted by Crippen LogP contribution is -2.72. The maximum atomic E-state index is 12.3. The minimum absolute atomic E-state index is 0.242. The first-order valence-electron chi connectivity index (χ1n) is 21.1. The van der Waals surface area contributed by atoms with E-state index in [1.807, 2.05) is 103 Å². The number of hydrogen-bond acceptors (Lipinski definition) is 13. The molecule has 2 saturated heterocycles. The predicted molar refractivity (Wildman–Crippen MR) is 228 cm³/mol. The van der Waals surface area contributed by atoms with Crippen LogP contribution in [0.3, 0.4) is 0 Å². The van der Waals surface area contributed by atoms with Crippen LogP contribution in [0.4, 0.5) is 0 Å². The van der Waals surface area contributed by atoms with Crippen molar-refractivity contribution in [2.24, 2.45) is 5.92 Å². The Labute approximate surface area is 365 Å². The fraction of sp³-hybridized carbons (Fsp3) is 0.490. The highest BCUT2D eigenvalue weighted by atomic mass is 16.8. The normalized spacial score (nSPS) is 29.6. The molecule has 0 amide bonds. The predicted octanol–water partition coefficient (Wildman–Crippen LogP) is 7.20. The zero-order valence-corrected chi connectivity index (χ0v) is 36.7. The van der Waals surface area contributed by atoms with Crippen LogP contribution in [-0.2, 0) is 69.1 Å². The van der Waals surface area contributed by atoms with Crippen LogP contribution in [0.15, 0.2) is 103 Å². The van der Waals surface area contributed by atoms with Crippen LogP contribution >= 0.6 is 0 Å². The van der Waals surface area contributed by atoms with Gasteiger partial charge in [-0.3, -0.25) is 0 Å². The van der Waals surface area contributed by atoms with E-state index in [1.54, 1.807) is 35.2 Å². The van der Waals surface area contributed by atoms with E-state index in [9.17, 15) is 5.11 Å². The van der Waals surface area contributed by atoms with E-state index in [0.29, 0.717) is 39.3 Å². The van der Waals surface area contributed by atoms with E-state index in [-0.39, 0.29) is 18.6 Å². The summed E-state index contributed by atoms with van der Waals surface area (Å²) in [6, 6.07) is 33.3. The largest absolute Gasteiger partial charge is 0.497 e. The van der Waals surface area contributed by atoms with Gasteiger partial charge in [-0.15, -0.1) is 0 Å². The minimum Gasteiger partial charge on any atom is -0.497 e. The fourth-order valence-corrected chi connectivity index (χ4v) is 8.37. The first-order chi connectivity index (χ1) is 30.1. The standard InChI is InChI=1S/C49H61O13/c1-48(54-6)49(2,55-7)62-46-45(61-48)43(50)41(60-47(46)59-30-32-11-9-8-10-12-32)25-36-26-42(57-28-34-15-21-38(52-4)22-16-34)44(58-29-35-17-23-39(53-5)24-18-35)40(36)31-56-27-33-13-19-37(51-3)20-14-33/h8-24,40-47,50H,25-31H2,1-7H3/q+1/t40-,41+,42+,43-,44+,45-,46+,47+,48+,49+/m0/s1. The molecule has 4 aromatic rings. The van der Waals surface area contributed by atoms with Crippen LogP contribution in [0.25, 0.3) is 0 Å². The number of methoxy groups -OCH3 is 5. The van der Waals surface area contributed by atoms with Gasteiger partial charge in [-0.05, 0) is 72.5 Å². The van der Waals surface area contributed by atoms with Gasteiger partial charge in [0, 0.05) is 14.2 Å². The molecule has 2 heterocycles. The van der Waals surface area contributed by atoms with Crippen molar-refractivity contribution in [3.8, 4) is 17.2 Å². The lowest BCUT2D eigenvalue weighted by molar-refractivity contribution is -0.484. The average molecular weight is 858 g/mol. The molecule has 62 heavy (non-hydrogen) atoms. The van der Waals surface area contributed by atoms with Gasteiger partial charge in [-0.1, -0.05) is 66.7 Å². The fourth-order valence-electron chi connectivity index (χ4n) is 8.37. The summed E-state index contributed by atoms with van der Waals surface area (Å²) in [6.07, 6.45) is -4.47. The second-order valence-electron chi connectivity index (χ2n) is 16.2. The Morgan fingerprint density at radius 1 is 0.597 bits per heavy atom. The third-order valence-corrected chi connectivity index (χ3v) is 12.4. The summed E-state index contributed by atoms with van der Waals surface area (Å²) in [6.45, 7) is 5.10. The molecule has 0 bridgehead atoms. The first-order valence-corrected chi connectivity index (χ1v) is 21.1. The number of aliphatic hydroxyl groups is 1. The second-order valence-corrected chi connectivity index (χ2v) is 16.2. The number of benzene rings is 4. The summed E-state index contributed by atoms with van der Waals surface area (Å²) < 4.78 is 74.5. The van der Waals surface area contributed by atoms with Crippen molar-refractivity contribution in [2.75, 3.05) is 42.2 Å². The van der Waals surface area contributed by atoms with Gasteiger partial charge in [-0.2, -0.15) is 0 Å². The molecule has 0 radical (unpaired) electrons. The molecule has 2 aliphatic heterocycles. The van der Waals surface area contributed by atoms with Gasteiger partial charge < -0.3 is 61.9 Å². The van der Waals surface area contributed by atoms with Crippen molar-refractivity contribution < 1.29 is 61.9 Å². The maximum absolute atomic E-state index is 12.3. The second kappa shape index (κ2) is 21.0. The van der Waals surface area contributed by atoms with Gasteiger partial charge >= 0.3 is 0 Å². The minimum atomic E-state index is -1.37. The highest BCUT2D eigenvalue weighted by molar-refractivity contribution is 5.29. The van der Waals surface area contributed by atoms with E-state index in [1.165, 1.54) is 14.2 Å². The summed E-state index contributed by atoms with van der Waals surface area (Å²) in [5, 5.41) is 12.3. The van der Waals surface area contributed by atoms with Crippen molar-refractivity contribution in [1.29, 1.82) is 0 Å². The first kappa shape index (κ1) is 45.8. The summed E-state index contributed by atoms with van der Waals surface area (Å²) >= 11 is 0. The molecule has 10 atom stereocenters. The molecule has 1 saturated carbocycles. The van der Waals surface area contributed by atoms with Crippen molar-refractivity contribution in [3.63, 3.8) is 0 Å². The van der Waals surface area contributed by atoms with Gasteiger partial charge in [0.25, 0.3) is 0 Å². The van der Waals surface area contributed by atoms with Crippen LogP contribution < -0.4 is 14.2 Å². The Balaban J connectivity index is 1.17. The zero-order chi connectivity index (χ0) is 43.7. The maximum Gasteiger partial charge on any atom is 0.220 e. The van der Waals surface area contributed by atoms with Gasteiger partial charge in [0.05, 0.1) is 54.4 Å². The van der Waals surface area contributed by atoms with Crippen molar-refractivity contribution >= 4 is 0 Å². The van der Waals surface area contributed by atoms with Crippen LogP contribution in [-0.4, -0.2) is 102 Å². The molecule has 3 fully saturated rings. The summed E-state index contributed by atoms with van der Waals surface area (Å²) in [4.78, 5) is 0. The van der Waals surface area contributed by atoms with E-state index in [2.05, 4.69) is 0 Å². The van der Waals surface area contributed by atoms with E-state index in [4.69, 9.17) is 56.8 Å². The number of aliphatic hydroxyl groups excluding tert-OH is 1. The summed E-state index contributed by atoms with van der Waals surface area (Å²) in [7, 11) is 7.99. The highest BCUT2D eigenvalue weighted by Gasteiger charge is 2.64. The SMILES string of the molecule is COc1ccc(COC[C@H]2[C+](C[C@H]3O[C@@H](OCc4ccccc4)[C@@H]4O[C@@](C)(OC)[C@](C)(OC)O[C@H]4[C@H]3O)C[C@@H](OCc3ccc(OC)cc3)[C@@H]2OCc2ccc(OC)cc2)cc1. The quantitative estimate of drug-likeness (QED) is 0.0901. The molecule has 1 aliphatic carbocycles. The van der Waals surface area contributed by atoms with Gasteiger partial charge in [-0.25, -0.2) is 0 Å². The molecule has 4 aromatic carbocycles. The van der Waals surface area contributed by atoms with Crippen LogP contribution in [0.2, 0.25) is 0 Å². The molecule has 3 aliphatic rings. The average Bonchev–Trinajstić information content (AvgIpc) is 3.64. The molecular weight excluding hydrogens is 797 g/mol. The van der Waals surface area contributed by atoms with Crippen molar-refractivity contribution in [1.82, 2.24) is 0 Å². The number of fused-ring (bicyclic) bond motifs is 1. The Morgan fingerprint density at radius 3 is 1.61 bits per heavy atom. The smallest absolute Gasteiger partial charge is 0.220 e. The summed E-state index contributed by atoms with van der Waals surface area (Å²) in [5.74, 6) is 0.417. The molecule has 13 heteroatoms. The molecule has 1 N–H and O–H groups in total. The zero-order valence-electron chi connectivity index (χ0n) is 36.7. The van der Waals surface area contributed by atoms with Crippen LogP contribution in [0.5, 0.6) is 17.2 Å². The van der Waals surface area contributed by atoms with Crippen LogP contribution in [0.1, 0.15) is 48.9 Å². The highest BCUT2D eigenvalue weighted by Crippen LogP contribution is 2.47. The lowest BCUT2D eigenvalue weighted by Gasteiger charge is -2.56. The molecule has 13 nitrogen and oxygen atoms in total. The summed E-state index contributed by atoms with van der Waals surface area (Å²) in [5.41, 5.74) is 3.94. The van der Waals surface area contributed by atoms with Crippen LogP contribution in [0, 0.1) is 11.8 Å². The van der Waals surface area contributed by atoms with Crippen molar-refractivity contribution in [2.45, 2.75) is 108 Å². The molecule has 7 rings (SSSR count). The Hall–Kier alpha value is -4.25. The topological polar surface area (TPSA) is 131 Å². The van der Waals surface area contributed by atoms with E-state index >= 15 is 0 Å². The Morgan fingerprint density at radius 2 is 1.08 bits per heavy atom. The third-order valence-electron chi connectivity index (χ3n) is 12.4. The number of ether oxygens (including phenoxy) is 12. The van der Waals surface area contributed by atoms with E-state index < -0.39 is 48.4 Å². The Kier molecular flexibility index (Phi) is 15.5. The molecule has 0 aromatic heterocycles. The monoisotopic (exact) mass is 857 g/mol. The number of hydrogen-bond donors (Lipinski definition) is 1. The third kappa shape index (κ3) is 10.6.